The van der Waals surface area contributed by atoms with Gasteiger partial charge in [-0.15, -0.1) is 24.8 Å². The molecule has 1 aromatic rings. The molecule has 1 heterocycles. The first-order valence-corrected chi connectivity index (χ1v) is 6.07. The Bertz CT molecular complexity index is 412. The van der Waals surface area contributed by atoms with E-state index in [9.17, 15) is 8.78 Å². The molecule has 2 rings (SSSR count). The number of benzene rings is 1. The number of nitrogens with one attached hydrogen (secondary N) is 1. The van der Waals surface area contributed by atoms with Gasteiger partial charge in [-0.1, -0.05) is 11.6 Å². The molecular formula is C12H17Cl3F2N2. The topological polar surface area (TPSA) is 15.3 Å². The van der Waals surface area contributed by atoms with Crippen molar-refractivity contribution in [1.29, 1.82) is 0 Å². The second kappa shape index (κ2) is 8.22. The summed E-state index contributed by atoms with van der Waals surface area (Å²) < 4.78 is 27.5. The van der Waals surface area contributed by atoms with Crippen LogP contribution in [-0.2, 0) is 0 Å². The summed E-state index contributed by atoms with van der Waals surface area (Å²) in [4.78, 5) is 2.05. The maximum Gasteiger partial charge on any atom is 0.149 e. The highest BCUT2D eigenvalue weighted by atomic mass is 35.5. The van der Waals surface area contributed by atoms with Crippen molar-refractivity contribution in [2.24, 2.45) is 0 Å². The van der Waals surface area contributed by atoms with Crippen LogP contribution in [0.3, 0.4) is 0 Å². The largest absolute Gasteiger partial charge is 0.314 e. The van der Waals surface area contributed by atoms with Crippen molar-refractivity contribution < 1.29 is 8.78 Å². The molecule has 2 nitrogen and oxygen atoms in total. The first kappa shape index (κ1) is 18.9. The highest BCUT2D eigenvalue weighted by molar-refractivity contribution is 6.30. The molecule has 0 aliphatic carbocycles. The molecule has 0 radical (unpaired) electrons. The Hall–Kier alpha value is -0.130. The van der Waals surface area contributed by atoms with E-state index in [-0.39, 0.29) is 41.4 Å². The van der Waals surface area contributed by atoms with Crippen LogP contribution < -0.4 is 5.32 Å². The molecule has 7 heteroatoms. The highest BCUT2D eigenvalue weighted by Crippen LogP contribution is 2.29. The zero-order chi connectivity index (χ0) is 12.4. The van der Waals surface area contributed by atoms with Gasteiger partial charge >= 0.3 is 0 Å². The molecule has 0 bridgehead atoms. The van der Waals surface area contributed by atoms with Crippen LogP contribution in [0.1, 0.15) is 18.5 Å². The Morgan fingerprint density at radius 1 is 1.21 bits per heavy atom. The van der Waals surface area contributed by atoms with E-state index in [1.165, 1.54) is 12.1 Å². The predicted octanol–water partition coefficient (Wildman–Crippen LogP) is 3.43. The molecule has 0 aromatic heterocycles. The Morgan fingerprint density at radius 2 is 1.79 bits per heavy atom. The van der Waals surface area contributed by atoms with Gasteiger partial charge in [0, 0.05) is 37.8 Å². The Kier molecular flexibility index (Phi) is 8.17. The van der Waals surface area contributed by atoms with E-state index in [4.69, 9.17) is 11.6 Å². The van der Waals surface area contributed by atoms with E-state index in [2.05, 4.69) is 5.32 Å². The van der Waals surface area contributed by atoms with E-state index < -0.39 is 11.6 Å². The zero-order valence-electron chi connectivity index (χ0n) is 10.5. The third kappa shape index (κ3) is 4.17. The smallest absolute Gasteiger partial charge is 0.149 e. The monoisotopic (exact) mass is 332 g/mol. The van der Waals surface area contributed by atoms with Crippen LogP contribution in [0.2, 0.25) is 5.02 Å². The summed E-state index contributed by atoms with van der Waals surface area (Å²) in [5, 5.41) is 3.18. The van der Waals surface area contributed by atoms with Gasteiger partial charge in [0.2, 0.25) is 0 Å². The number of hydrogen-bond donors (Lipinski definition) is 1. The molecule has 1 aliphatic rings. The van der Waals surface area contributed by atoms with Gasteiger partial charge in [-0.05, 0) is 19.1 Å². The molecular weight excluding hydrogens is 317 g/mol. The van der Waals surface area contributed by atoms with E-state index in [1.807, 2.05) is 11.8 Å². The second-order valence-electron chi connectivity index (χ2n) is 4.22. The first-order chi connectivity index (χ1) is 8.11. The van der Waals surface area contributed by atoms with Crippen LogP contribution in [0.15, 0.2) is 12.1 Å². The predicted molar refractivity (Wildman–Crippen MR) is 78.7 cm³/mol. The minimum absolute atomic E-state index is 0. The molecule has 0 amide bonds. The van der Waals surface area contributed by atoms with Gasteiger partial charge < -0.3 is 5.32 Å². The third-order valence-corrected chi connectivity index (χ3v) is 3.49. The van der Waals surface area contributed by atoms with E-state index in [0.29, 0.717) is 0 Å². The molecule has 1 aromatic carbocycles. The SMILES string of the molecule is C[C@H](c1c(F)ccc(Cl)c1F)N1CCNCC1.Cl.Cl. The van der Waals surface area contributed by atoms with Crippen LogP contribution in [0, 0.1) is 11.6 Å². The van der Waals surface area contributed by atoms with Gasteiger partial charge in [-0.25, -0.2) is 8.78 Å². The van der Waals surface area contributed by atoms with Crippen LogP contribution in [0.4, 0.5) is 8.78 Å². The lowest BCUT2D eigenvalue weighted by atomic mass is 10.0. The lowest BCUT2D eigenvalue weighted by Gasteiger charge is -2.33. The van der Waals surface area contributed by atoms with Gasteiger partial charge in [0.05, 0.1) is 5.02 Å². The van der Waals surface area contributed by atoms with E-state index in [1.54, 1.807) is 0 Å². The number of nitrogens with zero attached hydrogens (tertiary/aromatic N) is 1. The van der Waals surface area contributed by atoms with Gasteiger partial charge in [0.1, 0.15) is 11.6 Å². The first-order valence-electron chi connectivity index (χ1n) is 5.69. The van der Waals surface area contributed by atoms with E-state index in [0.717, 1.165) is 26.2 Å². The summed E-state index contributed by atoms with van der Waals surface area (Å²) in [5.74, 6) is -1.17. The summed E-state index contributed by atoms with van der Waals surface area (Å²) in [7, 11) is 0. The van der Waals surface area contributed by atoms with Crippen LogP contribution >= 0.6 is 36.4 Å². The molecule has 19 heavy (non-hydrogen) atoms. The number of rotatable bonds is 2. The molecule has 1 N–H and O–H groups in total. The number of halogens is 5. The van der Waals surface area contributed by atoms with Gasteiger partial charge in [-0.3, -0.25) is 4.90 Å². The fraction of sp³-hybridized carbons (Fsp3) is 0.500. The van der Waals surface area contributed by atoms with Crippen molar-refractivity contribution in [3.63, 3.8) is 0 Å². The normalized spacial score (nSPS) is 17.3. The summed E-state index contributed by atoms with van der Waals surface area (Å²) in [5.41, 5.74) is 0.0689. The van der Waals surface area contributed by atoms with Crippen molar-refractivity contribution in [2.45, 2.75) is 13.0 Å². The molecule has 1 atom stereocenters. The van der Waals surface area contributed by atoms with Gasteiger partial charge in [0.15, 0.2) is 0 Å². The zero-order valence-corrected chi connectivity index (χ0v) is 12.8. The lowest BCUT2D eigenvalue weighted by molar-refractivity contribution is 0.179. The Labute approximate surface area is 129 Å². The summed E-state index contributed by atoms with van der Waals surface area (Å²) in [6.45, 7) is 5.06. The van der Waals surface area contributed by atoms with Crippen molar-refractivity contribution in [3.05, 3.63) is 34.4 Å². The maximum atomic E-state index is 13.9. The molecule has 1 fully saturated rings. The third-order valence-electron chi connectivity index (χ3n) is 3.20. The van der Waals surface area contributed by atoms with Crippen molar-refractivity contribution in [1.82, 2.24) is 10.2 Å². The fourth-order valence-corrected chi connectivity index (χ4v) is 2.34. The highest BCUT2D eigenvalue weighted by Gasteiger charge is 2.24. The van der Waals surface area contributed by atoms with Gasteiger partial charge in [-0.2, -0.15) is 0 Å². The standard InChI is InChI=1S/C12H15ClF2N2.2ClH/c1-8(17-6-4-16-5-7-17)11-10(14)3-2-9(13)12(11)15;;/h2-3,8,16H,4-7H2,1H3;2*1H/t8-;;/m1../s1. The van der Waals surface area contributed by atoms with Crippen LogP contribution in [-0.4, -0.2) is 31.1 Å². The molecule has 110 valence electrons. The molecule has 1 saturated heterocycles. The maximum absolute atomic E-state index is 13.9. The Balaban J connectivity index is 0.00000162. The fourth-order valence-electron chi connectivity index (χ4n) is 2.18. The average molecular weight is 334 g/mol. The summed E-state index contributed by atoms with van der Waals surface area (Å²) >= 11 is 5.70. The molecule has 0 spiro atoms. The quantitative estimate of drug-likeness (QED) is 0.834. The molecule has 0 saturated carbocycles. The van der Waals surface area contributed by atoms with E-state index >= 15 is 0 Å². The minimum atomic E-state index is -0.641. The average Bonchev–Trinajstić information content (AvgIpc) is 2.35. The van der Waals surface area contributed by atoms with Gasteiger partial charge in [0.25, 0.3) is 0 Å². The van der Waals surface area contributed by atoms with Crippen molar-refractivity contribution >= 4 is 36.4 Å². The number of piperazine rings is 1. The lowest BCUT2D eigenvalue weighted by Crippen LogP contribution is -2.44. The molecule has 1 aliphatic heterocycles. The number of hydrogen-bond acceptors (Lipinski definition) is 2. The minimum Gasteiger partial charge on any atom is -0.314 e. The second-order valence-corrected chi connectivity index (χ2v) is 4.63. The Morgan fingerprint density at radius 3 is 2.37 bits per heavy atom. The summed E-state index contributed by atoms with van der Waals surface area (Å²) in [6.07, 6.45) is 0. The van der Waals surface area contributed by atoms with Crippen LogP contribution in [0.5, 0.6) is 0 Å². The summed E-state index contributed by atoms with van der Waals surface area (Å²) in [6, 6.07) is 2.18. The van der Waals surface area contributed by atoms with Crippen molar-refractivity contribution in [3.8, 4) is 0 Å². The van der Waals surface area contributed by atoms with Crippen LogP contribution in [0.25, 0.3) is 0 Å². The van der Waals surface area contributed by atoms with Crippen molar-refractivity contribution in [2.75, 3.05) is 26.2 Å². The molecule has 0 unspecified atom stereocenters.